The molecular weight excluding hydrogens is 340 g/mol. The van der Waals surface area contributed by atoms with Crippen LogP contribution in [0.4, 0.5) is 5.82 Å². The number of anilines is 1. The van der Waals surface area contributed by atoms with Crippen LogP contribution in [-0.4, -0.2) is 33.4 Å². The zero-order chi connectivity index (χ0) is 17.3. The summed E-state index contributed by atoms with van der Waals surface area (Å²) in [6, 6.07) is 3.67. The molecule has 0 saturated carbocycles. The van der Waals surface area contributed by atoms with Gasteiger partial charge in [-0.3, -0.25) is 23.6 Å². The van der Waals surface area contributed by atoms with E-state index >= 15 is 0 Å². The van der Waals surface area contributed by atoms with E-state index in [1.165, 1.54) is 25.4 Å². The Morgan fingerprint density at radius 1 is 1.30 bits per heavy atom. The maximum atomic E-state index is 12.4. The highest BCUT2D eigenvalue weighted by Crippen LogP contribution is 2.22. The summed E-state index contributed by atoms with van der Waals surface area (Å²) in [5.41, 5.74) is 4.38. The predicted octanol–water partition coefficient (Wildman–Crippen LogP) is 0.696. The van der Waals surface area contributed by atoms with Crippen molar-refractivity contribution in [2.45, 2.75) is 6.54 Å². The molecule has 0 atom stereocenters. The number of nitrogens with two attached hydrogens (primary N) is 1. The van der Waals surface area contributed by atoms with E-state index in [1.807, 2.05) is 6.07 Å². The van der Waals surface area contributed by atoms with Gasteiger partial charge in [-0.2, -0.15) is 0 Å². The van der Waals surface area contributed by atoms with Crippen molar-refractivity contribution in [3.8, 4) is 0 Å². The number of rotatable bonds is 5. The number of nitrogen functional groups attached to an aromatic ring is 1. The highest BCUT2D eigenvalue weighted by molar-refractivity contribution is 7.16. The third kappa shape index (κ3) is 3.54. The fraction of sp³-hybridized carbons (Fsp3) is 0.357. The summed E-state index contributed by atoms with van der Waals surface area (Å²) in [5.74, 6) is -0.542. The zero-order valence-corrected chi connectivity index (χ0v) is 14.6. The highest BCUT2D eigenvalue weighted by Gasteiger charge is 2.21. The fourth-order valence-corrected chi connectivity index (χ4v) is 3.37. The van der Waals surface area contributed by atoms with Crippen molar-refractivity contribution in [1.29, 1.82) is 0 Å². The second-order valence-corrected chi connectivity index (χ2v) is 7.07. The van der Waals surface area contributed by atoms with Gasteiger partial charge >= 0.3 is 5.69 Å². The SMILES string of the molecule is CN(CC(=O)c1c(N)n(C)c(=O)n(C)c1=O)Cc1ccc(Cl)s1. The molecule has 9 heteroatoms. The largest absolute Gasteiger partial charge is 0.384 e. The molecule has 0 spiro atoms. The van der Waals surface area contributed by atoms with Gasteiger partial charge in [-0.25, -0.2) is 4.79 Å². The molecule has 0 aliphatic rings. The topological polar surface area (TPSA) is 90.3 Å². The lowest BCUT2D eigenvalue weighted by molar-refractivity contribution is 0.0941. The van der Waals surface area contributed by atoms with Crippen LogP contribution in [0, 0.1) is 0 Å². The number of aromatic nitrogens is 2. The summed E-state index contributed by atoms with van der Waals surface area (Å²) in [5, 5.41) is 0. The van der Waals surface area contributed by atoms with Gasteiger partial charge in [-0.15, -0.1) is 11.3 Å². The summed E-state index contributed by atoms with van der Waals surface area (Å²) in [7, 11) is 4.50. The lowest BCUT2D eigenvalue weighted by atomic mass is 10.2. The third-order valence-corrected chi connectivity index (χ3v) is 4.67. The van der Waals surface area contributed by atoms with Crippen LogP contribution in [0.5, 0.6) is 0 Å². The number of hydrogen-bond acceptors (Lipinski definition) is 6. The predicted molar refractivity (Wildman–Crippen MR) is 91.3 cm³/mol. The number of carbonyl (C=O) groups is 1. The number of carbonyl (C=O) groups excluding carboxylic acids is 1. The molecule has 7 nitrogen and oxygen atoms in total. The van der Waals surface area contributed by atoms with Crippen LogP contribution >= 0.6 is 22.9 Å². The van der Waals surface area contributed by atoms with Gasteiger partial charge in [0, 0.05) is 25.5 Å². The van der Waals surface area contributed by atoms with Crippen molar-refractivity contribution >= 4 is 34.5 Å². The molecule has 0 fully saturated rings. The standard InChI is InChI=1S/C14H17ClN4O3S/c1-17(6-8-4-5-10(15)23-8)7-9(20)11-12(16)18(2)14(22)19(3)13(11)21/h4-5H,6-7,16H2,1-3H3. The molecule has 2 aromatic heterocycles. The number of halogens is 1. The van der Waals surface area contributed by atoms with Crippen LogP contribution in [0.15, 0.2) is 21.7 Å². The van der Waals surface area contributed by atoms with Crippen molar-refractivity contribution in [2.24, 2.45) is 14.1 Å². The minimum atomic E-state index is -0.678. The van der Waals surface area contributed by atoms with Crippen LogP contribution < -0.4 is 17.0 Å². The molecule has 2 rings (SSSR count). The van der Waals surface area contributed by atoms with E-state index in [9.17, 15) is 14.4 Å². The lowest BCUT2D eigenvalue weighted by Crippen LogP contribution is -2.43. The molecule has 0 amide bonds. The molecule has 2 aromatic rings. The summed E-state index contributed by atoms with van der Waals surface area (Å²) in [6.45, 7) is 0.530. The number of hydrogen-bond donors (Lipinski definition) is 1. The zero-order valence-electron chi connectivity index (χ0n) is 13.0. The van der Waals surface area contributed by atoms with E-state index in [2.05, 4.69) is 0 Å². The summed E-state index contributed by atoms with van der Waals surface area (Å²) < 4.78 is 2.65. The van der Waals surface area contributed by atoms with Gasteiger partial charge in [0.15, 0.2) is 5.78 Å². The maximum absolute atomic E-state index is 12.4. The quantitative estimate of drug-likeness (QED) is 0.796. The van der Waals surface area contributed by atoms with E-state index in [4.69, 9.17) is 17.3 Å². The second-order valence-electron chi connectivity index (χ2n) is 5.27. The molecule has 0 bridgehead atoms. The molecule has 124 valence electrons. The van der Waals surface area contributed by atoms with Crippen molar-refractivity contribution in [1.82, 2.24) is 14.0 Å². The van der Waals surface area contributed by atoms with E-state index in [0.29, 0.717) is 10.9 Å². The van der Waals surface area contributed by atoms with E-state index in [0.717, 1.165) is 14.0 Å². The monoisotopic (exact) mass is 356 g/mol. The van der Waals surface area contributed by atoms with Crippen molar-refractivity contribution in [3.05, 3.63) is 47.7 Å². The molecule has 0 aliphatic carbocycles. The normalized spacial score (nSPS) is 11.2. The Kier molecular flexibility index (Phi) is 5.08. The molecule has 0 aliphatic heterocycles. The maximum Gasteiger partial charge on any atom is 0.332 e. The average Bonchev–Trinajstić information content (AvgIpc) is 2.88. The first-order valence-electron chi connectivity index (χ1n) is 6.73. The molecule has 0 unspecified atom stereocenters. The van der Waals surface area contributed by atoms with Gasteiger partial charge in [0.05, 0.1) is 10.9 Å². The average molecular weight is 357 g/mol. The molecule has 0 radical (unpaired) electrons. The Balaban J connectivity index is 2.24. The second kappa shape index (κ2) is 6.69. The van der Waals surface area contributed by atoms with Gasteiger partial charge < -0.3 is 5.73 Å². The van der Waals surface area contributed by atoms with Crippen molar-refractivity contribution in [2.75, 3.05) is 19.3 Å². The van der Waals surface area contributed by atoms with Crippen LogP contribution in [0.3, 0.4) is 0 Å². The lowest BCUT2D eigenvalue weighted by Gasteiger charge is -2.16. The molecular formula is C14H17ClN4O3S. The first-order chi connectivity index (χ1) is 10.7. The Morgan fingerprint density at radius 2 is 1.96 bits per heavy atom. The minimum Gasteiger partial charge on any atom is -0.384 e. The third-order valence-electron chi connectivity index (χ3n) is 3.46. The van der Waals surface area contributed by atoms with Crippen molar-refractivity contribution < 1.29 is 4.79 Å². The summed E-state index contributed by atoms with van der Waals surface area (Å²) in [4.78, 5) is 39.1. The van der Waals surface area contributed by atoms with Crippen LogP contribution in [0.25, 0.3) is 0 Å². The van der Waals surface area contributed by atoms with Crippen LogP contribution in [0.1, 0.15) is 15.2 Å². The van der Waals surface area contributed by atoms with Crippen molar-refractivity contribution in [3.63, 3.8) is 0 Å². The highest BCUT2D eigenvalue weighted by atomic mass is 35.5. The van der Waals surface area contributed by atoms with Gasteiger partial charge in [-0.05, 0) is 19.2 Å². The van der Waals surface area contributed by atoms with Gasteiger partial charge in [0.1, 0.15) is 11.4 Å². The molecule has 2 N–H and O–H groups in total. The Hall–Kier alpha value is -1.90. The first kappa shape index (κ1) is 17.5. The number of Topliss-reactive ketones (excluding diaryl/α,β-unsaturated/α-hetero) is 1. The first-order valence-corrected chi connectivity index (χ1v) is 7.93. The summed E-state index contributed by atoms with van der Waals surface area (Å²) >= 11 is 7.31. The van der Waals surface area contributed by atoms with Crippen LogP contribution in [-0.2, 0) is 20.6 Å². The molecule has 23 heavy (non-hydrogen) atoms. The number of thiophene rings is 1. The Morgan fingerprint density at radius 3 is 2.52 bits per heavy atom. The molecule has 2 heterocycles. The van der Waals surface area contributed by atoms with E-state index in [1.54, 1.807) is 18.0 Å². The Labute approximate surface area is 141 Å². The van der Waals surface area contributed by atoms with Gasteiger partial charge in [-0.1, -0.05) is 11.6 Å². The smallest absolute Gasteiger partial charge is 0.332 e. The Bertz CT molecular complexity index is 868. The number of ketones is 1. The molecule has 0 saturated heterocycles. The molecule has 0 aromatic carbocycles. The minimum absolute atomic E-state index is 0.00711. The van der Waals surface area contributed by atoms with Gasteiger partial charge in [0.2, 0.25) is 0 Å². The van der Waals surface area contributed by atoms with E-state index < -0.39 is 17.0 Å². The number of likely N-dealkylation sites (N-methyl/N-ethyl adjacent to an activating group) is 1. The summed E-state index contributed by atoms with van der Waals surface area (Å²) in [6.07, 6.45) is 0. The number of nitrogens with zero attached hydrogens (tertiary/aromatic N) is 3. The van der Waals surface area contributed by atoms with Crippen LogP contribution in [0.2, 0.25) is 4.34 Å². The fourth-order valence-electron chi connectivity index (χ4n) is 2.20. The van der Waals surface area contributed by atoms with Gasteiger partial charge in [0.25, 0.3) is 5.56 Å². The van der Waals surface area contributed by atoms with E-state index in [-0.39, 0.29) is 17.9 Å².